The number of amides is 3. The van der Waals surface area contributed by atoms with Crippen molar-refractivity contribution >= 4 is 35.0 Å². The largest absolute Gasteiger partial charge is 0.394 e. The van der Waals surface area contributed by atoms with Crippen LogP contribution in [0.4, 0.5) is 5.69 Å². The minimum atomic E-state index is -1.21. The molecule has 3 heterocycles. The number of rotatable bonds is 11. The van der Waals surface area contributed by atoms with E-state index in [0.717, 1.165) is 5.56 Å². The molecule has 6 atom stereocenters. The zero-order valence-corrected chi connectivity index (χ0v) is 25.0. The van der Waals surface area contributed by atoms with Gasteiger partial charge in [0.15, 0.2) is 0 Å². The Kier molecular flexibility index (Phi) is 8.56. The second-order valence-electron chi connectivity index (χ2n) is 11.7. The van der Waals surface area contributed by atoms with Gasteiger partial charge in [0.25, 0.3) is 5.91 Å². The van der Waals surface area contributed by atoms with Crippen LogP contribution in [0.5, 0.6) is 0 Å². The van der Waals surface area contributed by atoms with E-state index in [-0.39, 0.29) is 36.8 Å². The van der Waals surface area contributed by atoms with Crippen LogP contribution < -0.4 is 4.90 Å². The van der Waals surface area contributed by atoms with Gasteiger partial charge in [0.2, 0.25) is 11.8 Å². The zero-order valence-electron chi connectivity index (χ0n) is 24.2. The molecule has 1 spiro atoms. The number of likely N-dealkylation sites (tertiary alicyclic amines) is 1. The van der Waals surface area contributed by atoms with E-state index >= 15 is 0 Å². The summed E-state index contributed by atoms with van der Waals surface area (Å²) >= 11 is 6.64. The summed E-state index contributed by atoms with van der Waals surface area (Å²) in [6, 6.07) is 3.74. The van der Waals surface area contributed by atoms with Crippen molar-refractivity contribution in [2.75, 3.05) is 31.6 Å². The SMILES string of the molecule is C=CCN(C)C(=O)[C@H]1[C@H]2C(=O)N([C@@H](CO)C(C)C)C(C(=O)N(CC=C)c3c(C)cccc3Cl)C23CC[C@]1(CC)O3. The van der Waals surface area contributed by atoms with Crippen molar-refractivity contribution in [2.45, 2.75) is 70.2 Å². The van der Waals surface area contributed by atoms with Gasteiger partial charge >= 0.3 is 0 Å². The van der Waals surface area contributed by atoms with Gasteiger partial charge in [-0.05, 0) is 43.7 Å². The van der Waals surface area contributed by atoms with E-state index < -0.39 is 35.1 Å². The number of aryl methyl sites for hydroxylation is 1. The summed E-state index contributed by atoms with van der Waals surface area (Å²) in [5.74, 6) is -2.61. The summed E-state index contributed by atoms with van der Waals surface area (Å²) < 4.78 is 6.89. The maximum Gasteiger partial charge on any atom is 0.253 e. The first-order valence-electron chi connectivity index (χ1n) is 14.1. The van der Waals surface area contributed by atoms with E-state index in [1.165, 1.54) is 4.90 Å². The Morgan fingerprint density at radius 3 is 2.45 bits per heavy atom. The molecule has 3 aliphatic rings. The standard InChI is InChI=1S/C31H42ClN3O5/c1-8-16-33(7)27(37)23-24-28(38)35(22(18-36)19(4)5)26(31(24)15-14-30(23,10-3)40-31)29(39)34(17-9-2)25-20(6)12-11-13-21(25)32/h8-9,11-13,19,22-24,26,36H,1-2,10,14-18H2,3-7H3/t22-,23+,24-,26?,30-,31?/m0/s1. The van der Waals surface area contributed by atoms with Crippen LogP contribution in [0, 0.1) is 24.7 Å². The number of aliphatic hydroxyl groups excluding tert-OH is 1. The summed E-state index contributed by atoms with van der Waals surface area (Å²) in [6.07, 6.45) is 4.82. The molecule has 3 saturated heterocycles. The molecule has 1 aromatic carbocycles. The van der Waals surface area contributed by atoms with Crippen molar-refractivity contribution in [3.63, 3.8) is 0 Å². The van der Waals surface area contributed by atoms with Gasteiger partial charge in [-0.1, -0.05) is 56.7 Å². The van der Waals surface area contributed by atoms with Crippen LogP contribution in [-0.4, -0.2) is 82.7 Å². The first-order chi connectivity index (χ1) is 19.0. The quantitative estimate of drug-likeness (QED) is 0.406. The number of benzene rings is 1. The molecule has 3 aliphatic heterocycles. The van der Waals surface area contributed by atoms with Gasteiger partial charge in [-0.25, -0.2) is 0 Å². The number of anilines is 1. The Morgan fingerprint density at radius 1 is 1.23 bits per heavy atom. The van der Waals surface area contributed by atoms with Crippen molar-refractivity contribution in [3.8, 4) is 0 Å². The molecule has 9 heteroatoms. The third-order valence-electron chi connectivity index (χ3n) is 9.25. The second kappa shape index (κ2) is 11.3. The number of carbonyl (C=O) groups is 3. The number of para-hydroxylation sites is 1. The fraction of sp³-hybridized carbons (Fsp3) is 0.581. The molecule has 1 N–H and O–H groups in total. The molecular formula is C31H42ClN3O5. The normalized spacial score (nSPS) is 29.4. The monoisotopic (exact) mass is 571 g/mol. The number of fused-ring (bicyclic) bond motifs is 1. The number of carbonyl (C=O) groups excluding carboxylic acids is 3. The van der Waals surface area contributed by atoms with Gasteiger partial charge in [-0.15, -0.1) is 13.2 Å². The summed E-state index contributed by atoms with van der Waals surface area (Å²) in [7, 11) is 1.70. The molecule has 8 nitrogen and oxygen atoms in total. The topological polar surface area (TPSA) is 90.4 Å². The number of hydrogen-bond acceptors (Lipinski definition) is 5. The molecule has 4 rings (SSSR count). The highest BCUT2D eigenvalue weighted by molar-refractivity contribution is 6.34. The lowest BCUT2D eigenvalue weighted by molar-refractivity contribution is -0.153. The van der Waals surface area contributed by atoms with Gasteiger partial charge in [-0.3, -0.25) is 14.4 Å². The van der Waals surface area contributed by atoms with Gasteiger partial charge in [-0.2, -0.15) is 0 Å². The van der Waals surface area contributed by atoms with Crippen LogP contribution in [-0.2, 0) is 19.1 Å². The molecule has 0 aliphatic carbocycles. The lowest BCUT2D eigenvalue weighted by Gasteiger charge is -2.41. The van der Waals surface area contributed by atoms with Gasteiger partial charge in [0.05, 0.1) is 40.8 Å². The number of ether oxygens (including phenoxy) is 1. The van der Waals surface area contributed by atoms with Crippen LogP contribution in [0.2, 0.25) is 5.02 Å². The number of aliphatic hydroxyl groups is 1. The summed E-state index contributed by atoms with van der Waals surface area (Å²) in [5, 5.41) is 10.9. The molecule has 0 aromatic heterocycles. The molecule has 3 fully saturated rings. The van der Waals surface area contributed by atoms with Crippen molar-refractivity contribution in [1.29, 1.82) is 0 Å². The Bertz CT molecular complexity index is 1180. The maximum atomic E-state index is 14.8. The van der Waals surface area contributed by atoms with Crippen LogP contribution in [0.25, 0.3) is 0 Å². The highest BCUT2D eigenvalue weighted by Crippen LogP contribution is 2.65. The molecule has 2 bridgehead atoms. The fourth-order valence-electron chi connectivity index (χ4n) is 7.34. The smallest absolute Gasteiger partial charge is 0.253 e. The molecule has 2 unspecified atom stereocenters. The Hall–Kier alpha value is -2.68. The van der Waals surface area contributed by atoms with Crippen LogP contribution >= 0.6 is 11.6 Å². The number of likely N-dealkylation sites (N-methyl/N-ethyl adjacent to an activating group) is 1. The first-order valence-corrected chi connectivity index (χ1v) is 14.5. The summed E-state index contributed by atoms with van der Waals surface area (Å²) in [6.45, 7) is 15.5. The Morgan fingerprint density at radius 2 is 1.90 bits per heavy atom. The number of nitrogens with zero attached hydrogens (tertiary/aromatic N) is 3. The first kappa shape index (κ1) is 30.3. The lowest BCUT2D eigenvalue weighted by atomic mass is 9.64. The molecule has 1 aromatic rings. The lowest BCUT2D eigenvalue weighted by Crippen LogP contribution is -2.60. The predicted molar refractivity (Wildman–Crippen MR) is 156 cm³/mol. The molecule has 40 heavy (non-hydrogen) atoms. The Balaban J connectivity index is 1.92. The summed E-state index contributed by atoms with van der Waals surface area (Å²) in [4.78, 5) is 47.9. The molecule has 0 radical (unpaired) electrons. The van der Waals surface area contributed by atoms with E-state index in [2.05, 4.69) is 13.2 Å². The summed E-state index contributed by atoms with van der Waals surface area (Å²) in [5.41, 5.74) is -0.720. The fourth-order valence-corrected chi connectivity index (χ4v) is 7.67. The maximum absolute atomic E-state index is 14.8. The van der Waals surface area contributed by atoms with Crippen LogP contribution in [0.15, 0.2) is 43.5 Å². The molecule has 218 valence electrons. The van der Waals surface area contributed by atoms with Gasteiger partial charge in [0.1, 0.15) is 11.6 Å². The van der Waals surface area contributed by atoms with E-state index in [1.807, 2.05) is 39.8 Å². The van der Waals surface area contributed by atoms with Gasteiger partial charge in [0, 0.05) is 20.1 Å². The highest BCUT2D eigenvalue weighted by Gasteiger charge is 2.79. The molecule has 3 amide bonds. The minimum absolute atomic E-state index is 0.149. The van der Waals surface area contributed by atoms with E-state index in [0.29, 0.717) is 36.5 Å². The van der Waals surface area contributed by atoms with Gasteiger partial charge < -0.3 is 24.5 Å². The highest BCUT2D eigenvalue weighted by atomic mass is 35.5. The van der Waals surface area contributed by atoms with E-state index in [1.54, 1.807) is 35.1 Å². The van der Waals surface area contributed by atoms with Crippen LogP contribution in [0.3, 0.4) is 0 Å². The average molecular weight is 572 g/mol. The third kappa shape index (κ3) is 4.39. The number of halogens is 1. The van der Waals surface area contributed by atoms with Crippen molar-refractivity contribution in [1.82, 2.24) is 9.80 Å². The average Bonchev–Trinajstić information content (AvgIpc) is 3.51. The molecular weight excluding hydrogens is 530 g/mol. The van der Waals surface area contributed by atoms with E-state index in [4.69, 9.17) is 16.3 Å². The Labute approximate surface area is 242 Å². The zero-order chi connectivity index (χ0) is 29.6. The molecule has 0 saturated carbocycles. The third-order valence-corrected chi connectivity index (χ3v) is 9.55. The minimum Gasteiger partial charge on any atom is -0.394 e. The van der Waals surface area contributed by atoms with E-state index in [9.17, 15) is 19.5 Å². The van der Waals surface area contributed by atoms with Crippen molar-refractivity contribution in [2.24, 2.45) is 17.8 Å². The number of hydrogen-bond donors (Lipinski definition) is 1. The van der Waals surface area contributed by atoms with Crippen molar-refractivity contribution < 1.29 is 24.2 Å². The predicted octanol–water partition coefficient (Wildman–Crippen LogP) is 3.98. The van der Waals surface area contributed by atoms with Crippen LogP contribution in [0.1, 0.15) is 45.6 Å². The van der Waals surface area contributed by atoms with Crippen molar-refractivity contribution in [3.05, 3.63) is 54.1 Å². The second-order valence-corrected chi connectivity index (χ2v) is 12.1.